The van der Waals surface area contributed by atoms with Crippen LogP contribution in [0.3, 0.4) is 0 Å². The number of rotatable bonds is 3. The van der Waals surface area contributed by atoms with Crippen LogP contribution >= 0.6 is 11.6 Å². The van der Waals surface area contributed by atoms with E-state index in [4.69, 9.17) is 17.3 Å². The standard InChI is InChI=1S/C12H15ClFNO2S/c13-11-2-1-10(14)5-9(11)6-12(15)8-3-4-18(16,17)7-8/h1-2,5,8,12H,3-4,6-7,15H2. The minimum atomic E-state index is -2.94. The summed E-state index contributed by atoms with van der Waals surface area (Å²) in [4.78, 5) is 0. The molecule has 0 spiro atoms. The van der Waals surface area contributed by atoms with Crippen LogP contribution in [0, 0.1) is 11.7 Å². The maximum absolute atomic E-state index is 13.1. The zero-order chi connectivity index (χ0) is 13.3. The van der Waals surface area contributed by atoms with Crippen molar-refractivity contribution in [3.63, 3.8) is 0 Å². The number of hydrogen-bond donors (Lipinski definition) is 1. The molecule has 0 aromatic heterocycles. The molecule has 6 heteroatoms. The maximum atomic E-state index is 13.1. The van der Waals surface area contributed by atoms with Gasteiger partial charge in [0.1, 0.15) is 5.82 Å². The highest BCUT2D eigenvalue weighted by Crippen LogP contribution is 2.25. The molecule has 1 heterocycles. The van der Waals surface area contributed by atoms with Gasteiger partial charge in [-0.05, 0) is 42.5 Å². The number of sulfone groups is 1. The van der Waals surface area contributed by atoms with Crippen molar-refractivity contribution < 1.29 is 12.8 Å². The van der Waals surface area contributed by atoms with Crippen LogP contribution in [0.1, 0.15) is 12.0 Å². The zero-order valence-electron chi connectivity index (χ0n) is 9.77. The minimum Gasteiger partial charge on any atom is -0.327 e. The summed E-state index contributed by atoms with van der Waals surface area (Å²) in [6, 6.07) is 3.83. The lowest BCUT2D eigenvalue weighted by Gasteiger charge is -2.18. The van der Waals surface area contributed by atoms with E-state index >= 15 is 0 Å². The van der Waals surface area contributed by atoms with Gasteiger partial charge in [-0.2, -0.15) is 0 Å². The van der Waals surface area contributed by atoms with Gasteiger partial charge in [0, 0.05) is 11.1 Å². The number of benzene rings is 1. The molecule has 1 aromatic carbocycles. The Kier molecular flexibility index (Phi) is 3.94. The average molecular weight is 292 g/mol. The highest BCUT2D eigenvalue weighted by atomic mass is 35.5. The monoisotopic (exact) mass is 291 g/mol. The number of hydrogen-bond acceptors (Lipinski definition) is 3. The molecule has 100 valence electrons. The smallest absolute Gasteiger partial charge is 0.150 e. The van der Waals surface area contributed by atoms with Crippen LogP contribution in [0.4, 0.5) is 4.39 Å². The van der Waals surface area contributed by atoms with E-state index in [1.165, 1.54) is 18.2 Å². The Hall–Kier alpha value is -0.650. The van der Waals surface area contributed by atoms with Crippen LogP contribution in [-0.2, 0) is 16.3 Å². The number of nitrogens with two attached hydrogens (primary N) is 1. The van der Waals surface area contributed by atoms with Crippen LogP contribution in [0.5, 0.6) is 0 Å². The molecule has 2 rings (SSSR count). The third-order valence-corrected chi connectivity index (χ3v) is 5.50. The van der Waals surface area contributed by atoms with Crippen molar-refractivity contribution in [2.45, 2.75) is 18.9 Å². The summed E-state index contributed by atoms with van der Waals surface area (Å²) in [6.07, 6.45) is 0.979. The second-order valence-corrected chi connectivity index (χ2v) is 7.40. The fourth-order valence-electron chi connectivity index (χ4n) is 2.28. The molecule has 1 saturated heterocycles. The molecule has 1 aromatic rings. The molecule has 1 aliphatic rings. The summed E-state index contributed by atoms with van der Waals surface area (Å²) >= 11 is 5.96. The predicted octanol–water partition coefficient (Wildman–Crippen LogP) is 1.78. The molecule has 18 heavy (non-hydrogen) atoms. The average Bonchev–Trinajstić information content (AvgIpc) is 2.64. The molecular weight excluding hydrogens is 277 g/mol. The van der Waals surface area contributed by atoms with Gasteiger partial charge in [-0.3, -0.25) is 0 Å². The molecule has 1 aliphatic heterocycles. The van der Waals surface area contributed by atoms with E-state index in [0.717, 1.165) is 0 Å². The molecule has 2 unspecified atom stereocenters. The van der Waals surface area contributed by atoms with Crippen LogP contribution < -0.4 is 5.73 Å². The van der Waals surface area contributed by atoms with Gasteiger partial charge in [-0.15, -0.1) is 0 Å². The molecule has 0 aliphatic carbocycles. The third kappa shape index (κ3) is 3.22. The van der Waals surface area contributed by atoms with Gasteiger partial charge < -0.3 is 5.73 Å². The lowest BCUT2D eigenvalue weighted by atomic mass is 9.94. The third-order valence-electron chi connectivity index (χ3n) is 3.34. The molecule has 0 bridgehead atoms. The van der Waals surface area contributed by atoms with Crippen LogP contribution in [0.2, 0.25) is 5.02 Å². The van der Waals surface area contributed by atoms with Crippen molar-refractivity contribution in [2.75, 3.05) is 11.5 Å². The molecule has 0 amide bonds. The summed E-state index contributed by atoms with van der Waals surface area (Å²) in [6.45, 7) is 0. The van der Waals surface area contributed by atoms with E-state index in [1.807, 2.05) is 0 Å². The second kappa shape index (κ2) is 5.15. The molecular formula is C12H15ClFNO2S. The first kappa shape index (κ1) is 13.8. The van der Waals surface area contributed by atoms with E-state index in [2.05, 4.69) is 0 Å². The zero-order valence-corrected chi connectivity index (χ0v) is 11.3. The Labute approximate surface area is 111 Å². The predicted molar refractivity (Wildman–Crippen MR) is 69.9 cm³/mol. The van der Waals surface area contributed by atoms with E-state index in [1.54, 1.807) is 0 Å². The molecule has 3 nitrogen and oxygen atoms in total. The van der Waals surface area contributed by atoms with Crippen LogP contribution in [0.15, 0.2) is 18.2 Å². The van der Waals surface area contributed by atoms with Crippen molar-refractivity contribution in [3.05, 3.63) is 34.6 Å². The fourth-order valence-corrected chi connectivity index (χ4v) is 4.37. The van der Waals surface area contributed by atoms with Gasteiger partial charge in [0.15, 0.2) is 9.84 Å². The van der Waals surface area contributed by atoms with Crippen molar-refractivity contribution in [1.82, 2.24) is 0 Å². The topological polar surface area (TPSA) is 60.2 Å². The highest BCUT2D eigenvalue weighted by Gasteiger charge is 2.32. The quantitative estimate of drug-likeness (QED) is 0.923. The van der Waals surface area contributed by atoms with Gasteiger partial charge in [-0.1, -0.05) is 11.6 Å². The van der Waals surface area contributed by atoms with Crippen molar-refractivity contribution in [3.8, 4) is 0 Å². The van der Waals surface area contributed by atoms with Gasteiger partial charge >= 0.3 is 0 Å². The van der Waals surface area contributed by atoms with Gasteiger partial charge in [-0.25, -0.2) is 12.8 Å². The van der Waals surface area contributed by atoms with Crippen molar-refractivity contribution in [1.29, 1.82) is 0 Å². The molecule has 2 N–H and O–H groups in total. The Morgan fingerprint density at radius 2 is 2.22 bits per heavy atom. The minimum absolute atomic E-state index is 0.0608. The summed E-state index contributed by atoms with van der Waals surface area (Å²) in [5, 5.41) is 0.465. The molecule has 2 atom stereocenters. The summed E-state index contributed by atoms with van der Waals surface area (Å²) in [7, 11) is -2.94. The second-order valence-electron chi connectivity index (χ2n) is 4.77. The lowest BCUT2D eigenvalue weighted by Crippen LogP contribution is -2.33. The normalized spacial score (nSPS) is 24.1. The first-order chi connectivity index (χ1) is 8.37. The Balaban J connectivity index is 2.08. The SMILES string of the molecule is NC(Cc1cc(F)ccc1Cl)C1CCS(=O)(=O)C1. The van der Waals surface area contributed by atoms with E-state index in [9.17, 15) is 12.8 Å². The first-order valence-electron chi connectivity index (χ1n) is 5.77. The van der Waals surface area contributed by atoms with Gasteiger partial charge in [0.2, 0.25) is 0 Å². The van der Waals surface area contributed by atoms with Gasteiger partial charge in [0.25, 0.3) is 0 Å². The Morgan fingerprint density at radius 3 is 2.83 bits per heavy atom. The lowest BCUT2D eigenvalue weighted by molar-refractivity contribution is 0.460. The van der Waals surface area contributed by atoms with Gasteiger partial charge in [0.05, 0.1) is 11.5 Å². The maximum Gasteiger partial charge on any atom is 0.150 e. The van der Waals surface area contributed by atoms with Crippen LogP contribution in [-0.4, -0.2) is 26.0 Å². The van der Waals surface area contributed by atoms with Crippen LogP contribution in [0.25, 0.3) is 0 Å². The number of halogens is 2. The molecule has 1 fully saturated rings. The van der Waals surface area contributed by atoms with E-state index in [-0.39, 0.29) is 29.3 Å². The Bertz CT molecular complexity index is 547. The highest BCUT2D eigenvalue weighted by molar-refractivity contribution is 7.91. The molecule has 0 radical (unpaired) electrons. The van der Waals surface area contributed by atoms with Crippen molar-refractivity contribution in [2.24, 2.45) is 11.7 Å². The summed E-state index contributed by atoms with van der Waals surface area (Å²) < 4.78 is 35.9. The summed E-state index contributed by atoms with van der Waals surface area (Å²) in [5.74, 6) is -0.0985. The van der Waals surface area contributed by atoms with Crippen molar-refractivity contribution >= 4 is 21.4 Å². The fraction of sp³-hybridized carbons (Fsp3) is 0.500. The first-order valence-corrected chi connectivity index (χ1v) is 7.97. The Morgan fingerprint density at radius 1 is 1.50 bits per heavy atom. The molecule has 0 saturated carbocycles. The summed E-state index contributed by atoms with van der Waals surface area (Å²) in [5.41, 5.74) is 6.64. The van der Waals surface area contributed by atoms with E-state index in [0.29, 0.717) is 23.4 Å². The van der Waals surface area contributed by atoms with E-state index < -0.39 is 9.84 Å². The largest absolute Gasteiger partial charge is 0.327 e.